The number of hydrogen-bond donors (Lipinski definition) is 1. The van der Waals surface area contributed by atoms with Crippen LogP contribution in [0.5, 0.6) is 0 Å². The van der Waals surface area contributed by atoms with Crippen molar-refractivity contribution in [3.05, 3.63) is 35.9 Å². The van der Waals surface area contributed by atoms with Gasteiger partial charge in [-0.2, -0.15) is 0 Å². The number of amides is 1. The number of carbonyl (C=O) groups excluding carboxylic acids is 2. The Morgan fingerprint density at radius 1 is 1.12 bits per heavy atom. The minimum Gasteiger partial charge on any atom is -0.464 e. The van der Waals surface area contributed by atoms with Gasteiger partial charge in [-0.3, -0.25) is 4.79 Å². The summed E-state index contributed by atoms with van der Waals surface area (Å²) in [5, 5.41) is 2.97. The predicted molar refractivity (Wildman–Crippen MR) is 104 cm³/mol. The summed E-state index contributed by atoms with van der Waals surface area (Å²) < 4.78 is 5.31. The average molecular weight is 360 g/mol. The monoisotopic (exact) mass is 359 g/mol. The molecule has 1 atom stereocenters. The highest BCUT2D eigenvalue weighted by molar-refractivity contribution is 5.86. The fraction of sp³-hybridized carbons (Fsp3) is 0.636. The van der Waals surface area contributed by atoms with Crippen LogP contribution in [0.1, 0.15) is 58.4 Å². The van der Waals surface area contributed by atoms with E-state index < -0.39 is 6.04 Å². The molecule has 4 nitrogen and oxygen atoms in total. The third-order valence-corrected chi connectivity index (χ3v) is 5.42. The van der Waals surface area contributed by atoms with Crippen LogP contribution in [0.3, 0.4) is 0 Å². The Hall–Kier alpha value is -1.84. The van der Waals surface area contributed by atoms with Gasteiger partial charge in [-0.25, -0.2) is 4.79 Å². The summed E-state index contributed by atoms with van der Waals surface area (Å²) in [4.78, 5) is 25.2. The quantitative estimate of drug-likeness (QED) is 0.710. The van der Waals surface area contributed by atoms with Crippen LogP contribution in [0.25, 0.3) is 0 Å². The smallest absolute Gasteiger partial charge is 0.328 e. The molecular formula is C22H33NO3. The summed E-state index contributed by atoms with van der Waals surface area (Å²) in [6, 6.07) is 9.16. The highest BCUT2D eigenvalue weighted by atomic mass is 16.5. The first-order chi connectivity index (χ1) is 12.5. The van der Waals surface area contributed by atoms with Crippen LogP contribution >= 0.6 is 0 Å². The molecule has 1 aromatic rings. The third kappa shape index (κ3) is 6.15. The van der Waals surface area contributed by atoms with E-state index in [2.05, 4.69) is 19.2 Å². The van der Waals surface area contributed by atoms with Gasteiger partial charge in [0.1, 0.15) is 6.04 Å². The number of hydrogen-bond acceptors (Lipinski definition) is 3. The molecule has 1 amide bonds. The fourth-order valence-electron chi connectivity index (χ4n) is 3.68. The van der Waals surface area contributed by atoms with E-state index in [1.165, 1.54) is 0 Å². The van der Waals surface area contributed by atoms with Crippen LogP contribution in [0, 0.1) is 17.8 Å². The molecule has 26 heavy (non-hydrogen) atoms. The van der Waals surface area contributed by atoms with Crippen molar-refractivity contribution in [2.45, 2.75) is 65.3 Å². The molecule has 144 valence electrons. The Labute approximate surface area is 157 Å². The first-order valence-electron chi connectivity index (χ1n) is 10.0. The first kappa shape index (κ1) is 20.5. The van der Waals surface area contributed by atoms with Gasteiger partial charge in [-0.1, -0.05) is 51.1 Å². The Balaban J connectivity index is 1.96. The summed E-state index contributed by atoms with van der Waals surface area (Å²) in [5.74, 6) is 1.08. The highest BCUT2D eigenvalue weighted by Gasteiger charge is 2.30. The molecule has 0 aromatic heterocycles. The lowest BCUT2D eigenvalue weighted by atomic mass is 9.76. The zero-order valence-corrected chi connectivity index (χ0v) is 16.4. The minimum atomic E-state index is -0.612. The van der Waals surface area contributed by atoms with Crippen LogP contribution in [0.2, 0.25) is 0 Å². The molecule has 0 radical (unpaired) electrons. The molecule has 1 aliphatic carbocycles. The second-order valence-corrected chi connectivity index (χ2v) is 7.77. The standard InChI is InChI=1S/C22H33NO3/c1-4-14-26-22(25)20(15-17-8-6-5-7-9-17)23-21(24)19-12-10-18(11-13-19)16(2)3/h5-9,16,18-20H,4,10-15H2,1-3H3,(H,23,24)/t18?,19?,20-/m1/s1. The Morgan fingerprint density at radius 2 is 1.77 bits per heavy atom. The number of carbonyl (C=O) groups is 2. The van der Waals surface area contributed by atoms with E-state index in [-0.39, 0.29) is 17.8 Å². The van der Waals surface area contributed by atoms with E-state index >= 15 is 0 Å². The Bertz CT molecular complexity index is 562. The average Bonchev–Trinajstić information content (AvgIpc) is 2.66. The molecule has 1 fully saturated rings. The summed E-state index contributed by atoms with van der Waals surface area (Å²) in [5.41, 5.74) is 1.02. The van der Waals surface area contributed by atoms with Crippen LogP contribution in [0.15, 0.2) is 30.3 Å². The molecule has 0 unspecified atom stereocenters. The molecule has 0 bridgehead atoms. The zero-order valence-electron chi connectivity index (χ0n) is 16.4. The second-order valence-electron chi connectivity index (χ2n) is 7.77. The SMILES string of the molecule is CCCOC(=O)[C@@H](Cc1ccccc1)NC(=O)C1CCC(C(C)C)CC1. The molecule has 1 N–H and O–H groups in total. The van der Waals surface area contributed by atoms with E-state index in [4.69, 9.17) is 4.74 Å². The van der Waals surface area contributed by atoms with Gasteiger partial charge in [-0.05, 0) is 49.5 Å². The second kappa shape index (κ2) is 10.3. The molecule has 2 rings (SSSR count). The maximum absolute atomic E-state index is 12.7. The van der Waals surface area contributed by atoms with Gasteiger partial charge in [0, 0.05) is 12.3 Å². The van der Waals surface area contributed by atoms with Crippen LogP contribution in [-0.4, -0.2) is 24.5 Å². The van der Waals surface area contributed by atoms with Crippen molar-refractivity contribution in [2.24, 2.45) is 17.8 Å². The number of esters is 1. The lowest BCUT2D eigenvalue weighted by Gasteiger charge is -2.31. The summed E-state index contributed by atoms with van der Waals surface area (Å²) in [6.45, 7) is 6.86. The molecule has 0 aliphatic heterocycles. The minimum absolute atomic E-state index is 0.00147. The van der Waals surface area contributed by atoms with Crippen molar-refractivity contribution in [2.75, 3.05) is 6.61 Å². The van der Waals surface area contributed by atoms with Crippen molar-refractivity contribution >= 4 is 11.9 Å². The van der Waals surface area contributed by atoms with Gasteiger partial charge in [-0.15, -0.1) is 0 Å². The molecule has 0 heterocycles. The van der Waals surface area contributed by atoms with Gasteiger partial charge < -0.3 is 10.1 Å². The topological polar surface area (TPSA) is 55.4 Å². The van der Waals surface area contributed by atoms with Gasteiger partial charge >= 0.3 is 5.97 Å². The molecule has 0 saturated heterocycles. The first-order valence-corrected chi connectivity index (χ1v) is 10.0. The van der Waals surface area contributed by atoms with Gasteiger partial charge in [0.15, 0.2) is 0 Å². The van der Waals surface area contributed by atoms with Gasteiger partial charge in [0.05, 0.1) is 6.61 Å². The van der Waals surface area contributed by atoms with Gasteiger partial charge in [0.2, 0.25) is 5.91 Å². The number of rotatable bonds is 8. The molecule has 4 heteroatoms. The predicted octanol–water partition coefficient (Wildman–Crippen LogP) is 4.13. The summed E-state index contributed by atoms with van der Waals surface area (Å²) in [6.07, 6.45) is 5.26. The van der Waals surface area contributed by atoms with Crippen molar-refractivity contribution in [1.82, 2.24) is 5.32 Å². The van der Waals surface area contributed by atoms with E-state index in [1.807, 2.05) is 37.3 Å². The fourth-order valence-corrected chi connectivity index (χ4v) is 3.68. The maximum atomic E-state index is 12.7. The maximum Gasteiger partial charge on any atom is 0.328 e. The van der Waals surface area contributed by atoms with E-state index in [0.29, 0.717) is 24.9 Å². The van der Waals surface area contributed by atoms with Crippen molar-refractivity contribution in [1.29, 1.82) is 0 Å². The van der Waals surface area contributed by atoms with Gasteiger partial charge in [0.25, 0.3) is 0 Å². The van der Waals surface area contributed by atoms with E-state index in [1.54, 1.807) is 0 Å². The molecule has 1 aromatic carbocycles. The Morgan fingerprint density at radius 3 is 2.35 bits per heavy atom. The lowest BCUT2D eigenvalue weighted by molar-refractivity contribution is -0.148. The molecule has 1 aliphatic rings. The van der Waals surface area contributed by atoms with Crippen LogP contribution in [0.4, 0.5) is 0 Å². The van der Waals surface area contributed by atoms with Crippen molar-refractivity contribution in [3.63, 3.8) is 0 Å². The normalized spacial score (nSPS) is 21.2. The number of nitrogens with one attached hydrogen (secondary N) is 1. The lowest BCUT2D eigenvalue weighted by Crippen LogP contribution is -2.46. The summed E-state index contributed by atoms with van der Waals surface area (Å²) >= 11 is 0. The van der Waals surface area contributed by atoms with Crippen LogP contribution in [-0.2, 0) is 20.7 Å². The van der Waals surface area contributed by atoms with E-state index in [9.17, 15) is 9.59 Å². The number of ether oxygens (including phenoxy) is 1. The summed E-state index contributed by atoms with van der Waals surface area (Å²) in [7, 11) is 0. The highest BCUT2D eigenvalue weighted by Crippen LogP contribution is 2.33. The molecule has 1 saturated carbocycles. The third-order valence-electron chi connectivity index (χ3n) is 5.42. The molecule has 0 spiro atoms. The van der Waals surface area contributed by atoms with Crippen LogP contribution < -0.4 is 5.32 Å². The zero-order chi connectivity index (χ0) is 18.9. The Kier molecular flexibility index (Phi) is 8.14. The largest absolute Gasteiger partial charge is 0.464 e. The van der Waals surface area contributed by atoms with Crippen molar-refractivity contribution < 1.29 is 14.3 Å². The van der Waals surface area contributed by atoms with E-state index in [0.717, 1.165) is 37.7 Å². The molecular weight excluding hydrogens is 326 g/mol. The number of benzene rings is 1. The van der Waals surface area contributed by atoms with Crippen molar-refractivity contribution in [3.8, 4) is 0 Å².